The molecule has 2 aromatic rings. The van der Waals surface area contributed by atoms with Gasteiger partial charge in [0.2, 0.25) is 0 Å². The third-order valence-electron chi connectivity index (χ3n) is 1.70. The summed E-state index contributed by atoms with van der Waals surface area (Å²) in [6.45, 7) is 0.440. The summed E-state index contributed by atoms with van der Waals surface area (Å²) in [5.41, 5.74) is 0.871. The quantitative estimate of drug-likeness (QED) is 0.726. The molecule has 13 heavy (non-hydrogen) atoms. The van der Waals surface area contributed by atoms with Crippen molar-refractivity contribution >= 4 is 17.7 Å². The van der Waals surface area contributed by atoms with E-state index in [1.54, 1.807) is 23.9 Å². The molecule has 0 bridgehead atoms. The zero-order valence-electron chi connectivity index (χ0n) is 7.02. The van der Waals surface area contributed by atoms with Crippen LogP contribution in [0, 0.1) is 4.77 Å². The number of nitrogens with zero attached hydrogens (tertiary/aromatic N) is 3. The molecule has 0 spiro atoms. The first-order valence-electron chi connectivity index (χ1n) is 3.72. The highest BCUT2D eigenvalue weighted by Gasteiger charge is 2.03. The summed E-state index contributed by atoms with van der Waals surface area (Å²) in [6, 6.07) is 0. The van der Waals surface area contributed by atoms with E-state index < -0.39 is 0 Å². The van der Waals surface area contributed by atoms with Crippen LogP contribution in [0.25, 0.3) is 5.52 Å². The number of imidazole rings is 1. The van der Waals surface area contributed by atoms with E-state index in [2.05, 4.69) is 15.2 Å². The lowest BCUT2D eigenvalue weighted by Gasteiger charge is -1.98. The minimum Gasteiger partial charge on any atom is -0.377 e. The number of hydrogen-bond donors (Lipinski definition) is 1. The molecule has 6 heteroatoms. The largest absolute Gasteiger partial charge is 0.377 e. The Labute approximate surface area is 79.4 Å². The lowest BCUT2D eigenvalue weighted by Crippen LogP contribution is -1.99. The number of ether oxygens (including phenoxy) is 1. The second-order valence-corrected chi connectivity index (χ2v) is 2.93. The van der Waals surface area contributed by atoms with Crippen molar-refractivity contribution in [2.24, 2.45) is 0 Å². The fourth-order valence-electron chi connectivity index (χ4n) is 1.17. The number of hydrogen-bond acceptors (Lipinski definition) is 4. The van der Waals surface area contributed by atoms with Crippen LogP contribution in [0.2, 0.25) is 0 Å². The predicted molar refractivity (Wildman–Crippen MR) is 48.9 cm³/mol. The summed E-state index contributed by atoms with van der Waals surface area (Å²) in [7, 11) is 1.62. The van der Waals surface area contributed by atoms with Gasteiger partial charge >= 0.3 is 0 Å². The average molecular weight is 196 g/mol. The molecule has 0 unspecified atom stereocenters. The number of nitrogens with one attached hydrogen (secondary N) is 1. The van der Waals surface area contributed by atoms with Crippen LogP contribution in [0.4, 0.5) is 0 Å². The van der Waals surface area contributed by atoms with Gasteiger partial charge in [0.1, 0.15) is 12.4 Å². The summed E-state index contributed by atoms with van der Waals surface area (Å²) in [4.78, 5) is 4.16. The third kappa shape index (κ3) is 1.34. The lowest BCUT2D eigenvalue weighted by atomic mass is 10.6. The Balaban J connectivity index is 2.71. The summed E-state index contributed by atoms with van der Waals surface area (Å²) < 4.78 is 7.31. The fraction of sp³-hybridized carbons (Fsp3) is 0.286. The molecule has 0 aliphatic heterocycles. The van der Waals surface area contributed by atoms with Crippen LogP contribution in [-0.4, -0.2) is 26.7 Å². The van der Waals surface area contributed by atoms with Crippen LogP contribution in [-0.2, 0) is 11.3 Å². The molecule has 68 valence electrons. The summed E-state index contributed by atoms with van der Waals surface area (Å²) in [5, 5.41) is 6.55. The maximum atomic E-state index is 5.06. The van der Waals surface area contributed by atoms with Crippen LogP contribution in [0.1, 0.15) is 5.82 Å². The van der Waals surface area contributed by atoms with Crippen LogP contribution in [0.5, 0.6) is 0 Å². The number of aromatic amines is 1. The predicted octanol–water partition coefficient (Wildman–Crippen LogP) is 0.933. The number of fused-ring (bicyclic) bond motifs is 1. The molecule has 0 aliphatic carbocycles. The summed E-state index contributed by atoms with van der Waals surface area (Å²) in [6.07, 6.45) is 3.38. The molecule has 2 aromatic heterocycles. The van der Waals surface area contributed by atoms with E-state index in [-0.39, 0.29) is 0 Å². The van der Waals surface area contributed by atoms with Crippen molar-refractivity contribution in [3.8, 4) is 0 Å². The van der Waals surface area contributed by atoms with Gasteiger partial charge in [-0.2, -0.15) is 5.10 Å². The van der Waals surface area contributed by atoms with Gasteiger partial charge in [0.25, 0.3) is 0 Å². The second-order valence-electron chi connectivity index (χ2n) is 2.54. The monoisotopic (exact) mass is 196 g/mol. The standard InChI is InChI=1S/C7H8N4OS/c1-12-4-6-8-2-5-3-9-10-7(13)11(5)6/h2-3H,4H2,1H3,(H,10,13). The number of methoxy groups -OCH3 is 1. The Hall–Kier alpha value is -1.27. The van der Waals surface area contributed by atoms with Gasteiger partial charge in [0.15, 0.2) is 4.77 Å². The Morgan fingerprint density at radius 1 is 1.62 bits per heavy atom. The van der Waals surface area contributed by atoms with E-state index in [0.717, 1.165) is 11.3 Å². The minimum atomic E-state index is 0.440. The molecule has 0 saturated carbocycles. The first kappa shape index (κ1) is 8.33. The summed E-state index contributed by atoms with van der Waals surface area (Å²) in [5.74, 6) is 0.779. The highest BCUT2D eigenvalue weighted by Crippen LogP contribution is 2.05. The molecule has 2 heterocycles. The van der Waals surface area contributed by atoms with Crippen molar-refractivity contribution < 1.29 is 4.74 Å². The molecular weight excluding hydrogens is 188 g/mol. The zero-order valence-corrected chi connectivity index (χ0v) is 7.84. The maximum absolute atomic E-state index is 5.06. The summed E-state index contributed by atoms with van der Waals surface area (Å²) >= 11 is 5.06. The Morgan fingerprint density at radius 2 is 2.46 bits per heavy atom. The maximum Gasteiger partial charge on any atom is 0.199 e. The van der Waals surface area contributed by atoms with Crippen molar-refractivity contribution in [3.63, 3.8) is 0 Å². The van der Waals surface area contributed by atoms with E-state index in [1.165, 1.54) is 0 Å². The van der Waals surface area contributed by atoms with Crippen molar-refractivity contribution in [2.75, 3.05) is 7.11 Å². The molecule has 0 atom stereocenters. The van der Waals surface area contributed by atoms with E-state index in [9.17, 15) is 0 Å². The number of rotatable bonds is 2. The van der Waals surface area contributed by atoms with E-state index in [0.29, 0.717) is 11.4 Å². The van der Waals surface area contributed by atoms with Crippen molar-refractivity contribution in [1.29, 1.82) is 0 Å². The highest BCUT2D eigenvalue weighted by molar-refractivity contribution is 7.71. The van der Waals surface area contributed by atoms with Gasteiger partial charge in [0.05, 0.1) is 17.9 Å². The van der Waals surface area contributed by atoms with Crippen LogP contribution in [0.3, 0.4) is 0 Å². The first-order valence-corrected chi connectivity index (χ1v) is 4.12. The highest BCUT2D eigenvalue weighted by atomic mass is 32.1. The lowest BCUT2D eigenvalue weighted by molar-refractivity contribution is 0.177. The van der Waals surface area contributed by atoms with E-state index in [1.807, 2.05) is 0 Å². The first-order chi connectivity index (χ1) is 6.33. The SMILES string of the molecule is COCc1ncc2cn[nH]c(=S)n12. The Morgan fingerprint density at radius 3 is 3.23 bits per heavy atom. The van der Waals surface area contributed by atoms with Crippen molar-refractivity contribution in [3.05, 3.63) is 23.0 Å². The zero-order chi connectivity index (χ0) is 9.26. The number of H-pyrrole nitrogens is 1. The van der Waals surface area contributed by atoms with Crippen LogP contribution >= 0.6 is 12.2 Å². The van der Waals surface area contributed by atoms with Gasteiger partial charge in [-0.05, 0) is 12.2 Å². The fourth-order valence-corrected chi connectivity index (χ4v) is 1.43. The molecule has 5 nitrogen and oxygen atoms in total. The Bertz CT molecular complexity index is 475. The molecule has 0 radical (unpaired) electrons. The van der Waals surface area contributed by atoms with Crippen molar-refractivity contribution in [2.45, 2.75) is 6.61 Å². The molecule has 2 rings (SSSR count). The molecular formula is C7H8N4OS. The molecule has 0 amide bonds. The smallest absolute Gasteiger partial charge is 0.199 e. The van der Waals surface area contributed by atoms with E-state index in [4.69, 9.17) is 17.0 Å². The van der Waals surface area contributed by atoms with Gasteiger partial charge in [0, 0.05) is 7.11 Å². The van der Waals surface area contributed by atoms with Gasteiger partial charge in [-0.25, -0.2) is 4.98 Å². The number of aromatic nitrogens is 4. The van der Waals surface area contributed by atoms with E-state index >= 15 is 0 Å². The molecule has 1 N–H and O–H groups in total. The Kier molecular flexibility index (Phi) is 2.07. The van der Waals surface area contributed by atoms with Gasteiger partial charge in [-0.3, -0.25) is 9.50 Å². The molecule has 0 aromatic carbocycles. The third-order valence-corrected chi connectivity index (χ3v) is 1.97. The van der Waals surface area contributed by atoms with Crippen LogP contribution < -0.4 is 0 Å². The molecule has 0 fully saturated rings. The van der Waals surface area contributed by atoms with Gasteiger partial charge in [-0.15, -0.1) is 0 Å². The van der Waals surface area contributed by atoms with Crippen LogP contribution in [0.15, 0.2) is 12.4 Å². The van der Waals surface area contributed by atoms with Crippen molar-refractivity contribution in [1.82, 2.24) is 19.6 Å². The second kappa shape index (κ2) is 3.23. The minimum absolute atomic E-state index is 0.440. The normalized spacial score (nSPS) is 10.8. The average Bonchev–Trinajstić information content (AvgIpc) is 2.51. The molecule has 0 saturated heterocycles. The molecule has 0 aliphatic rings. The van der Waals surface area contributed by atoms with Gasteiger partial charge in [-0.1, -0.05) is 0 Å². The topological polar surface area (TPSA) is 55.2 Å². The van der Waals surface area contributed by atoms with Gasteiger partial charge < -0.3 is 4.74 Å².